The summed E-state index contributed by atoms with van der Waals surface area (Å²) in [4.78, 5) is 28.7. The van der Waals surface area contributed by atoms with Gasteiger partial charge in [0.2, 0.25) is 11.8 Å². The molecule has 26 heavy (non-hydrogen) atoms. The summed E-state index contributed by atoms with van der Waals surface area (Å²) >= 11 is 0. The van der Waals surface area contributed by atoms with E-state index in [-0.39, 0.29) is 35.5 Å². The van der Waals surface area contributed by atoms with Crippen molar-refractivity contribution < 1.29 is 14.0 Å². The molecule has 6 heteroatoms. The lowest BCUT2D eigenvalue weighted by atomic mass is 9.96. The van der Waals surface area contributed by atoms with Gasteiger partial charge in [0.05, 0.1) is 12.0 Å². The van der Waals surface area contributed by atoms with Crippen LogP contribution in [-0.4, -0.2) is 55.3 Å². The van der Waals surface area contributed by atoms with Crippen LogP contribution >= 0.6 is 0 Å². The van der Waals surface area contributed by atoms with Crippen molar-refractivity contribution in [2.24, 2.45) is 11.8 Å². The van der Waals surface area contributed by atoms with Crippen molar-refractivity contribution in [3.8, 4) is 0 Å². The summed E-state index contributed by atoms with van der Waals surface area (Å²) in [6.07, 6.45) is 3.67. The fourth-order valence-electron chi connectivity index (χ4n) is 3.63. The van der Waals surface area contributed by atoms with Gasteiger partial charge in [-0.3, -0.25) is 9.59 Å². The predicted octanol–water partition coefficient (Wildman–Crippen LogP) is 2.19. The van der Waals surface area contributed by atoms with Gasteiger partial charge < -0.3 is 15.1 Å². The molecule has 142 valence electrons. The zero-order valence-corrected chi connectivity index (χ0v) is 15.6. The average Bonchev–Trinajstić information content (AvgIpc) is 3.46. The van der Waals surface area contributed by atoms with Crippen LogP contribution in [0, 0.1) is 17.7 Å². The average molecular weight is 361 g/mol. The molecule has 0 radical (unpaired) electrons. The van der Waals surface area contributed by atoms with Crippen molar-refractivity contribution in [1.82, 2.24) is 15.1 Å². The number of benzene rings is 1. The second kappa shape index (κ2) is 8.16. The fourth-order valence-corrected chi connectivity index (χ4v) is 3.63. The van der Waals surface area contributed by atoms with Crippen molar-refractivity contribution in [2.75, 3.05) is 33.7 Å². The summed E-state index contributed by atoms with van der Waals surface area (Å²) in [6, 6.07) is 6.39. The first-order chi connectivity index (χ1) is 12.5. The van der Waals surface area contributed by atoms with E-state index in [4.69, 9.17) is 0 Å². The summed E-state index contributed by atoms with van der Waals surface area (Å²) < 4.78 is 13.5. The number of rotatable bonds is 6. The monoisotopic (exact) mass is 361 g/mol. The Morgan fingerprint density at radius 2 is 2.04 bits per heavy atom. The first kappa shape index (κ1) is 18.8. The molecule has 1 aliphatic heterocycles. The Bertz CT molecular complexity index is 660. The first-order valence-corrected chi connectivity index (χ1v) is 9.44. The molecule has 0 aromatic heterocycles. The number of carbonyl (C=O) groups excluding carboxylic acids is 2. The van der Waals surface area contributed by atoms with Crippen LogP contribution < -0.4 is 5.32 Å². The Morgan fingerprint density at radius 3 is 2.69 bits per heavy atom. The van der Waals surface area contributed by atoms with Crippen molar-refractivity contribution >= 4 is 11.8 Å². The maximum absolute atomic E-state index is 13.5. The first-order valence-electron chi connectivity index (χ1n) is 9.44. The number of amides is 2. The molecule has 1 aromatic carbocycles. The van der Waals surface area contributed by atoms with E-state index in [1.54, 1.807) is 6.07 Å². The molecule has 1 heterocycles. The van der Waals surface area contributed by atoms with Crippen LogP contribution in [0.15, 0.2) is 24.3 Å². The third-order valence-corrected chi connectivity index (χ3v) is 5.36. The molecular weight excluding hydrogens is 333 g/mol. The molecule has 1 saturated heterocycles. The number of carbonyl (C=O) groups is 2. The molecular formula is C20H28FN3O2. The molecule has 1 aromatic rings. The summed E-state index contributed by atoms with van der Waals surface area (Å²) in [5, 5.41) is 3.02. The Morgan fingerprint density at radius 1 is 1.27 bits per heavy atom. The fraction of sp³-hybridized carbons (Fsp3) is 0.600. The van der Waals surface area contributed by atoms with E-state index in [1.165, 1.54) is 12.1 Å². The van der Waals surface area contributed by atoms with Crippen LogP contribution in [0.2, 0.25) is 0 Å². The minimum Gasteiger partial charge on any atom is -0.354 e. The van der Waals surface area contributed by atoms with Crippen molar-refractivity contribution in [3.05, 3.63) is 35.6 Å². The largest absolute Gasteiger partial charge is 0.354 e. The molecule has 2 atom stereocenters. The molecule has 1 aliphatic carbocycles. The van der Waals surface area contributed by atoms with Crippen molar-refractivity contribution in [2.45, 2.75) is 31.7 Å². The quantitative estimate of drug-likeness (QED) is 0.845. The minimum atomic E-state index is -0.276. The van der Waals surface area contributed by atoms with Crippen LogP contribution in [0.4, 0.5) is 4.39 Å². The standard InChI is InChI=1S/C20H28FN3O2/c1-23(2)18(15-5-3-7-17(21)11-15)12-22-19(25)16-6-4-10-24(13-16)20(26)14-8-9-14/h3,5,7,11,14,16,18H,4,6,8-10,12-13H2,1-2H3,(H,22,25). The summed E-state index contributed by atoms with van der Waals surface area (Å²) in [5.74, 6) is -0.0261. The zero-order chi connectivity index (χ0) is 18.7. The normalized spacial score (nSPS) is 21.5. The van der Waals surface area contributed by atoms with Crippen LogP contribution in [-0.2, 0) is 9.59 Å². The van der Waals surface area contributed by atoms with Gasteiger partial charge in [-0.15, -0.1) is 0 Å². The third kappa shape index (κ3) is 4.61. The highest BCUT2D eigenvalue weighted by molar-refractivity contribution is 5.83. The van der Waals surface area contributed by atoms with E-state index in [1.807, 2.05) is 30.0 Å². The SMILES string of the molecule is CN(C)C(CNC(=O)C1CCCN(C(=O)C2CC2)C1)c1cccc(F)c1. The Kier molecular flexibility index (Phi) is 5.91. The Balaban J connectivity index is 1.56. The second-order valence-corrected chi connectivity index (χ2v) is 7.68. The van der Waals surface area contributed by atoms with Crippen molar-refractivity contribution in [3.63, 3.8) is 0 Å². The number of piperidine rings is 1. The lowest BCUT2D eigenvalue weighted by molar-refractivity contribution is -0.136. The maximum atomic E-state index is 13.5. The number of hydrogen-bond acceptors (Lipinski definition) is 3. The zero-order valence-electron chi connectivity index (χ0n) is 15.6. The smallest absolute Gasteiger partial charge is 0.225 e. The van der Waals surface area contributed by atoms with E-state index >= 15 is 0 Å². The van der Waals surface area contributed by atoms with E-state index in [9.17, 15) is 14.0 Å². The predicted molar refractivity (Wildman–Crippen MR) is 97.9 cm³/mol. The Hall–Kier alpha value is -1.95. The molecule has 1 N–H and O–H groups in total. The van der Waals surface area contributed by atoms with Crippen LogP contribution in [0.1, 0.15) is 37.3 Å². The molecule has 2 amide bonds. The van der Waals surface area contributed by atoms with Gasteiger partial charge in [-0.25, -0.2) is 4.39 Å². The lowest BCUT2D eigenvalue weighted by Gasteiger charge is -2.33. The van der Waals surface area contributed by atoms with Crippen LogP contribution in [0.25, 0.3) is 0 Å². The van der Waals surface area contributed by atoms with Gasteiger partial charge in [-0.05, 0) is 57.5 Å². The molecule has 5 nitrogen and oxygen atoms in total. The number of likely N-dealkylation sites (tertiary alicyclic amines) is 1. The highest BCUT2D eigenvalue weighted by Gasteiger charge is 2.36. The van der Waals surface area contributed by atoms with Crippen LogP contribution in [0.3, 0.4) is 0 Å². The van der Waals surface area contributed by atoms with Crippen molar-refractivity contribution in [1.29, 1.82) is 0 Å². The highest BCUT2D eigenvalue weighted by Crippen LogP contribution is 2.32. The maximum Gasteiger partial charge on any atom is 0.225 e. The van der Waals surface area contributed by atoms with Gasteiger partial charge >= 0.3 is 0 Å². The minimum absolute atomic E-state index is 0.0125. The molecule has 0 bridgehead atoms. The van der Waals surface area contributed by atoms with E-state index in [0.717, 1.165) is 37.8 Å². The summed E-state index contributed by atoms with van der Waals surface area (Å²) in [7, 11) is 3.83. The van der Waals surface area contributed by atoms with Crippen LogP contribution in [0.5, 0.6) is 0 Å². The highest BCUT2D eigenvalue weighted by atomic mass is 19.1. The molecule has 0 spiro atoms. The van der Waals surface area contributed by atoms with E-state index < -0.39 is 0 Å². The Labute approximate surface area is 154 Å². The van der Waals surface area contributed by atoms with E-state index in [2.05, 4.69) is 5.32 Å². The van der Waals surface area contributed by atoms with Gasteiger partial charge in [-0.1, -0.05) is 12.1 Å². The molecule has 3 rings (SSSR count). The molecule has 2 fully saturated rings. The second-order valence-electron chi connectivity index (χ2n) is 7.68. The van der Waals surface area contributed by atoms with Gasteiger partial charge in [0.15, 0.2) is 0 Å². The van der Waals surface area contributed by atoms with Gasteiger partial charge in [0, 0.05) is 25.6 Å². The summed E-state index contributed by atoms with van der Waals surface area (Å²) in [6.45, 7) is 1.71. The van der Waals surface area contributed by atoms with E-state index in [0.29, 0.717) is 13.1 Å². The number of likely N-dealkylation sites (N-methyl/N-ethyl adjacent to an activating group) is 1. The molecule has 2 unspecified atom stereocenters. The molecule has 2 aliphatic rings. The number of nitrogens with one attached hydrogen (secondary N) is 1. The number of hydrogen-bond donors (Lipinski definition) is 1. The van der Waals surface area contributed by atoms with Gasteiger partial charge in [0.1, 0.15) is 5.82 Å². The number of nitrogens with zero attached hydrogens (tertiary/aromatic N) is 2. The lowest BCUT2D eigenvalue weighted by Crippen LogP contribution is -2.47. The van der Waals surface area contributed by atoms with Gasteiger partial charge in [0.25, 0.3) is 0 Å². The number of halogens is 1. The van der Waals surface area contributed by atoms with Gasteiger partial charge in [-0.2, -0.15) is 0 Å². The molecule has 1 saturated carbocycles. The third-order valence-electron chi connectivity index (χ3n) is 5.36. The summed E-state index contributed by atoms with van der Waals surface area (Å²) in [5.41, 5.74) is 0.837. The topological polar surface area (TPSA) is 52.7 Å².